The van der Waals surface area contributed by atoms with Crippen LogP contribution in [0.25, 0.3) is 0 Å². The third kappa shape index (κ3) is 4.99. The van der Waals surface area contributed by atoms with E-state index < -0.39 is 28.4 Å². The molecule has 0 aliphatic carbocycles. The zero-order valence-electron chi connectivity index (χ0n) is 12.7. The van der Waals surface area contributed by atoms with Crippen LogP contribution in [-0.4, -0.2) is 37.4 Å². The molecular formula is C15H16ClF3N2O2. The second-order valence-corrected chi connectivity index (χ2v) is 4.89. The van der Waals surface area contributed by atoms with Crippen molar-refractivity contribution in [2.45, 2.75) is 13.1 Å². The molecule has 0 bridgehead atoms. The summed E-state index contributed by atoms with van der Waals surface area (Å²) in [5, 5.41) is -0.401. The summed E-state index contributed by atoms with van der Waals surface area (Å²) in [6.45, 7) is 5.57. The Morgan fingerprint density at radius 2 is 2.13 bits per heavy atom. The Hall–Kier alpha value is -2.02. The van der Waals surface area contributed by atoms with Crippen molar-refractivity contribution in [2.75, 3.05) is 20.2 Å². The summed E-state index contributed by atoms with van der Waals surface area (Å²) in [5.74, 6) is -0.804. The Labute approximate surface area is 137 Å². The van der Waals surface area contributed by atoms with Gasteiger partial charge in [0, 0.05) is 13.6 Å². The molecule has 0 heterocycles. The molecule has 0 saturated carbocycles. The lowest BCUT2D eigenvalue weighted by atomic mass is 10.1. The van der Waals surface area contributed by atoms with Gasteiger partial charge in [0.15, 0.2) is 0 Å². The van der Waals surface area contributed by atoms with Gasteiger partial charge in [0.25, 0.3) is 0 Å². The van der Waals surface area contributed by atoms with Crippen LogP contribution in [0.4, 0.5) is 18.9 Å². The maximum atomic E-state index is 13.1. The first kappa shape index (κ1) is 19.0. The molecule has 126 valence electrons. The number of aliphatic imine (C=N–C) groups is 1. The molecule has 0 amide bonds. The quantitative estimate of drug-likeness (QED) is 0.333. The molecule has 23 heavy (non-hydrogen) atoms. The van der Waals surface area contributed by atoms with Crippen molar-refractivity contribution in [1.29, 1.82) is 0 Å². The van der Waals surface area contributed by atoms with E-state index in [0.29, 0.717) is 6.54 Å². The van der Waals surface area contributed by atoms with Gasteiger partial charge >= 0.3 is 12.1 Å². The number of ether oxygens (including phenoxy) is 1. The average molecular weight is 349 g/mol. The highest BCUT2D eigenvalue weighted by Crippen LogP contribution is 2.41. The number of alkyl halides is 3. The normalized spacial score (nSPS) is 11.6. The Morgan fingerprint density at radius 3 is 2.65 bits per heavy atom. The predicted molar refractivity (Wildman–Crippen MR) is 83.4 cm³/mol. The van der Waals surface area contributed by atoms with Crippen LogP contribution >= 0.6 is 11.6 Å². The van der Waals surface area contributed by atoms with Crippen LogP contribution in [0.2, 0.25) is 5.02 Å². The molecule has 1 aromatic carbocycles. The van der Waals surface area contributed by atoms with Crippen molar-refractivity contribution in [2.24, 2.45) is 4.99 Å². The van der Waals surface area contributed by atoms with Gasteiger partial charge in [-0.15, -0.1) is 6.58 Å². The minimum Gasteiger partial charge on any atom is -0.462 e. The van der Waals surface area contributed by atoms with Gasteiger partial charge in [-0.05, 0) is 19.1 Å². The van der Waals surface area contributed by atoms with E-state index in [0.717, 1.165) is 12.1 Å². The summed E-state index contributed by atoms with van der Waals surface area (Å²) < 4.78 is 44.1. The number of hydrogen-bond acceptors (Lipinski definition) is 3. The monoisotopic (exact) mass is 348 g/mol. The van der Waals surface area contributed by atoms with E-state index in [1.807, 2.05) is 0 Å². The first-order valence-electron chi connectivity index (χ1n) is 6.64. The average Bonchev–Trinajstić information content (AvgIpc) is 2.45. The lowest BCUT2D eigenvalue weighted by molar-refractivity contribution is -0.137. The van der Waals surface area contributed by atoms with E-state index >= 15 is 0 Å². The van der Waals surface area contributed by atoms with Gasteiger partial charge in [0.2, 0.25) is 0 Å². The second-order valence-electron chi connectivity index (χ2n) is 4.51. The molecule has 0 aliphatic rings. The van der Waals surface area contributed by atoms with Gasteiger partial charge in [-0.2, -0.15) is 13.2 Å². The van der Waals surface area contributed by atoms with E-state index in [1.54, 1.807) is 20.0 Å². The predicted octanol–water partition coefficient (Wildman–Crippen LogP) is 4.31. The fourth-order valence-electron chi connectivity index (χ4n) is 1.69. The maximum absolute atomic E-state index is 13.1. The van der Waals surface area contributed by atoms with Gasteiger partial charge < -0.3 is 9.64 Å². The van der Waals surface area contributed by atoms with Crippen LogP contribution in [-0.2, 0) is 10.9 Å². The molecule has 0 unspecified atom stereocenters. The zero-order valence-corrected chi connectivity index (χ0v) is 13.4. The van der Waals surface area contributed by atoms with Gasteiger partial charge in [0.05, 0.1) is 34.8 Å². The highest BCUT2D eigenvalue weighted by molar-refractivity contribution is 6.36. The third-order valence-corrected chi connectivity index (χ3v) is 3.10. The second kappa shape index (κ2) is 8.01. The van der Waals surface area contributed by atoms with E-state index in [-0.39, 0.29) is 12.2 Å². The highest BCUT2D eigenvalue weighted by atomic mass is 35.5. The number of esters is 1. The first-order chi connectivity index (χ1) is 10.7. The molecule has 0 aromatic heterocycles. The summed E-state index contributed by atoms with van der Waals surface area (Å²) >= 11 is 5.96. The molecular weight excluding hydrogens is 333 g/mol. The van der Waals surface area contributed by atoms with Crippen molar-refractivity contribution in [3.05, 3.63) is 40.9 Å². The van der Waals surface area contributed by atoms with Gasteiger partial charge in [-0.1, -0.05) is 17.7 Å². The summed E-state index contributed by atoms with van der Waals surface area (Å²) in [7, 11) is 1.61. The summed E-state index contributed by atoms with van der Waals surface area (Å²) in [4.78, 5) is 17.1. The molecule has 0 spiro atoms. The van der Waals surface area contributed by atoms with Crippen LogP contribution in [0.15, 0.2) is 29.8 Å². The standard InChI is InChI=1S/C15H16ClF3N2O2/c1-4-8-21(3)9-20-13-11(15(17,18)19)7-6-10(12(13)16)14(22)23-5-2/h4,6-7,9H,1,5,8H2,2-3H3. The number of carbonyl (C=O) groups is 1. The fourth-order valence-corrected chi connectivity index (χ4v) is 1.98. The SMILES string of the molecule is C=CCN(C)C=Nc1c(C(F)(F)F)ccc(C(=O)OCC)c1Cl. The third-order valence-electron chi connectivity index (χ3n) is 2.72. The van der Waals surface area contributed by atoms with Crippen LogP contribution in [0, 0.1) is 0 Å². The van der Waals surface area contributed by atoms with Gasteiger partial charge in [-0.3, -0.25) is 0 Å². The minimum absolute atomic E-state index is 0.0802. The molecule has 0 atom stereocenters. The van der Waals surface area contributed by atoms with Crippen molar-refractivity contribution in [3.8, 4) is 0 Å². The van der Waals surface area contributed by atoms with Gasteiger partial charge in [-0.25, -0.2) is 9.79 Å². The topological polar surface area (TPSA) is 41.9 Å². The van der Waals surface area contributed by atoms with Crippen LogP contribution in [0.1, 0.15) is 22.8 Å². The van der Waals surface area contributed by atoms with Crippen LogP contribution in [0.3, 0.4) is 0 Å². The summed E-state index contributed by atoms with van der Waals surface area (Å²) in [6.07, 6.45) is -1.90. The first-order valence-corrected chi connectivity index (χ1v) is 7.02. The van der Waals surface area contributed by atoms with Crippen molar-refractivity contribution in [1.82, 2.24) is 4.90 Å². The lowest BCUT2D eigenvalue weighted by Gasteiger charge is -2.15. The van der Waals surface area contributed by atoms with Crippen molar-refractivity contribution in [3.63, 3.8) is 0 Å². The zero-order chi connectivity index (χ0) is 17.6. The van der Waals surface area contributed by atoms with E-state index in [4.69, 9.17) is 16.3 Å². The molecule has 0 radical (unpaired) electrons. The molecule has 0 fully saturated rings. The molecule has 1 rings (SSSR count). The molecule has 8 heteroatoms. The number of hydrogen-bond donors (Lipinski definition) is 0. The lowest BCUT2D eigenvalue weighted by Crippen LogP contribution is -2.16. The van der Waals surface area contributed by atoms with Crippen molar-refractivity contribution < 1.29 is 22.7 Å². The Morgan fingerprint density at radius 1 is 1.48 bits per heavy atom. The highest BCUT2D eigenvalue weighted by Gasteiger charge is 2.35. The number of carbonyl (C=O) groups excluding carboxylic acids is 1. The molecule has 0 saturated heterocycles. The van der Waals surface area contributed by atoms with Crippen LogP contribution in [0.5, 0.6) is 0 Å². The Bertz CT molecular complexity index is 615. The van der Waals surface area contributed by atoms with E-state index in [1.165, 1.54) is 11.2 Å². The number of nitrogens with zero attached hydrogens (tertiary/aromatic N) is 2. The maximum Gasteiger partial charge on any atom is 0.418 e. The molecule has 0 N–H and O–H groups in total. The number of benzene rings is 1. The van der Waals surface area contributed by atoms with Gasteiger partial charge in [0.1, 0.15) is 0 Å². The van der Waals surface area contributed by atoms with Crippen LogP contribution < -0.4 is 0 Å². The Balaban J connectivity index is 3.38. The molecule has 4 nitrogen and oxygen atoms in total. The number of likely N-dealkylation sites (N-methyl/N-ethyl adjacent to an activating group) is 1. The summed E-state index contributed by atoms with van der Waals surface area (Å²) in [6, 6.07) is 1.74. The fraction of sp³-hybridized carbons (Fsp3) is 0.333. The number of halogens is 4. The summed E-state index contributed by atoms with van der Waals surface area (Å²) in [5.41, 5.74) is -1.72. The van der Waals surface area contributed by atoms with E-state index in [2.05, 4.69) is 11.6 Å². The largest absolute Gasteiger partial charge is 0.462 e. The number of rotatable bonds is 6. The van der Waals surface area contributed by atoms with Crippen molar-refractivity contribution >= 4 is 29.6 Å². The molecule has 1 aromatic rings. The Kier molecular flexibility index (Phi) is 6.62. The molecule has 0 aliphatic heterocycles. The van der Waals surface area contributed by atoms with E-state index in [9.17, 15) is 18.0 Å². The minimum atomic E-state index is -4.65. The smallest absolute Gasteiger partial charge is 0.418 e.